The molecule has 0 unspecified atom stereocenters. The molecule has 0 bridgehead atoms. The fraction of sp³-hybridized carbons (Fsp3) is 0.357. The van der Waals surface area contributed by atoms with Crippen LogP contribution >= 0.6 is 0 Å². The number of aryl methyl sites for hydroxylation is 1. The highest BCUT2D eigenvalue weighted by atomic mass is 16.1. The summed E-state index contributed by atoms with van der Waals surface area (Å²) in [7, 11) is 0. The Morgan fingerprint density at radius 1 is 1.40 bits per heavy atom. The summed E-state index contributed by atoms with van der Waals surface area (Å²) in [6.45, 7) is 4.22. The minimum absolute atomic E-state index is 0.148. The van der Waals surface area contributed by atoms with Gasteiger partial charge in [-0.2, -0.15) is 5.10 Å². The van der Waals surface area contributed by atoms with Crippen molar-refractivity contribution in [1.82, 2.24) is 20.1 Å². The van der Waals surface area contributed by atoms with Crippen LogP contribution in [0, 0.1) is 0 Å². The van der Waals surface area contributed by atoms with E-state index >= 15 is 0 Å². The van der Waals surface area contributed by atoms with Crippen molar-refractivity contribution in [1.29, 1.82) is 0 Å². The van der Waals surface area contributed by atoms with Crippen LogP contribution in [0.25, 0.3) is 0 Å². The standard InChI is InChI=1S/C14H19N5O/c1-2-15-12-5-8-16-13(11-12)14(20)17-6-3-9-19-10-4-7-18-19/h4-5,7-8,10-11H,2-3,6,9H2,1H3,(H,15,16)(H,17,20). The van der Waals surface area contributed by atoms with E-state index in [0.717, 1.165) is 25.2 Å². The summed E-state index contributed by atoms with van der Waals surface area (Å²) in [4.78, 5) is 16.0. The molecule has 2 N–H and O–H groups in total. The molecule has 0 fully saturated rings. The second-order valence-electron chi connectivity index (χ2n) is 4.34. The average molecular weight is 273 g/mol. The Labute approximate surface area is 118 Å². The van der Waals surface area contributed by atoms with Crippen molar-refractivity contribution in [3.63, 3.8) is 0 Å². The number of amides is 1. The first kappa shape index (κ1) is 14.0. The molecule has 1 amide bonds. The molecule has 6 heteroatoms. The van der Waals surface area contributed by atoms with Crippen molar-refractivity contribution in [2.45, 2.75) is 19.9 Å². The summed E-state index contributed by atoms with van der Waals surface area (Å²) in [6, 6.07) is 5.49. The average Bonchev–Trinajstić information content (AvgIpc) is 2.97. The highest BCUT2D eigenvalue weighted by molar-refractivity contribution is 5.93. The second-order valence-corrected chi connectivity index (χ2v) is 4.34. The Morgan fingerprint density at radius 2 is 2.30 bits per heavy atom. The molecule has 0 aliphatic rings. The largest absolute Gasteiger partial charge is 0.385 e. The van der Waals surface area contributed by atoms with Gasteiger partial charge in [-0.05, 0) is 31.5 Å². The summed E-state index contributed by atoms with van der Waals surface area (Å²) in [5.41, 5.74) is 1.34. The lowest BCUT2D eigenvalue weighted by Gasteiger charge is -2.07. The Bertz CT molecular complexity index is 538. The maximum absolute atomic E-state index is 11.9. The summed E-state index contributed by atoms with van der Waals surface area (Å²) in [6.07, 6.45) is 6.12. The molecule has 0 saturated heterocycles. The van der Waals surface area contributed by atoms with Crippen LogP contribution in [0.3, 0.4) is 0 Å². The van der Waals surface area contributed by atoms with E-state index in [9.17, 15) is 4.79 Å². The molecule has 0 saturated carbocycles. The van der Waals surface area contributed by atoms with E-state index in [0.29, 0.717) is 12.2 Å². The summed E-state index contributed by atoms with van der Waals surface area (Å²) in [5, 5.41) is 10.1. The maximum Gasteiger partial charge on any atom is 0.269 e. The van der Waals surface area contributed by atoms with Gasteiger partial charge in [-0.3, -0.25) is 14.5 Å². The lowest BCUT2D eigenvalue weighted by Crippen LogP contribution is -2.26. The maximum atomic E-state index is 11.9. The van der Waals surface area contributed by atoms with Crippen molar-refractivity contribution in [2.75, 3.05) is 18.4 Å². The first-order valence-corrected chi connectivity index (χ1v) is 6.75. The van der Waals surface area contributed by atoms with E-state index in [4.69, 9.17) is 0 Å². The smallest absolute Gasteiger partial charge is 0.269 e. The van der Waals surface area contributed by atoms with Gasteiger partial charge in [0, 0.05) is 43.9 Å². The third-order valence-corrected chi connectivity index (χ3v) is 2.78. The highest BCUT2D eigenvalue weighted by Crippen LogP contribution is 2.07. The van der Waals surface area contributed by atoms with Crippen LogP contribution in [-0.2, 0) is 6.54 Å². The molecule has 2 rings (SSSR count). The third-order valence-electron chi connectivity index (χ3n) is 2.78. The van der Waals surface area contributed by atoms with E-state index < -0.39 is 0 Å². The molecule has 0 spiro atoms. The molecule has 2 aromatic heterocycles. The van der Waals surface area contributed by atoms with Gasteiger partial charge in [-0.25, -0.2) is 0 Å². The zero-order valence-electron chi connectivity index (χ0n) is 11.5. The number of aromatic nitrogens is 3. The zero-order chi connectivity index (χ0) is 14.2. The fourth-order valence-electron chi connectivity index (χ4n) is 1.84. The number of rotatable bonds is 7. The van der Waals surface area contributed by atoms with Crippen LogP contribution < -0.4 is 10.6 Å². The third kappa shape index (κ3) is 4.08. The molecule has 106 valence electrons. The Hall–Kier alpha value is -2.37. The summed E-state index contributed by atoms with van der Waals surface area (Å²) in [5.74, 6) is -0.148. The molecule has 2 aromatic rings. The predicted octanol–water partition coefficient (Wildman–Crippen LogP) is 1.53. The molecule has 20 heavy (non-hydrogen) atoms. The van der Waals surface area contributed by atoms with Gasteiger partial charge in [-0.1, -0.05) is 0 Å². The fourth-order valence-corrected chi connectivity index (χ4v) is 1.84. The number of anilines is 1. The van der Waals surface area contributed by atoms with Crippen LogP contribution in [-0.4, -0.2) is 33.8 Å². The molecular weight excluding hydrogens is 254 g/mol. The molecule has 6 nitrogen and oxygen atoms in total. The molecule has 0 radical (unpaired) electrons. The first-order chi connectivity index (χ1) is 9.79. The molecular formula is C14H19N5O. The van der Waals surface area contributed by atoms with Gasteiger partial charge in [0.25, 0.3) is 5.91 Å². The topological polar surface area (TPSA) is 71.8 Å². The monoisotopic (exact) mass is 273 g/mol. The first-order valence-electron chi connectivity index (χ1n) is 6.75. The van der Waals surface area contributed by atoms with E-state index in [1.54, 1.807) is 18.5 Å². The Kier molecular flexibility index (Phi) is 5.11. The van der Waals surface area contributed by atoms with Crippen molar-refractivity contribution in [3.05, 3.63) is 42.5 Å². The normalized spacial score (nSPS) is 10.2. The van der Waals surface area contributed by atoms with E-state index in [-0.39, 0.29) is 5.91 Å². The molecule has 0 aromatic carbocycles. The molecule has 2 heterocycles. The highest BCUT2D eigenvalue weighted by Gasteiger charge is 2.06. The van der Waals surface area contributed by atoms with Crippen LogP contribution in [0.4, 0.5) is 5.69 Å². The lowest BCUT2D eigenvalue weighted by atomic mass is 10.3. The van der Waals surface area contributed by atoms with Gasteiger partial charge in [0.1, 0.15) is 5.69 Å². The predicted molar refractivity (Wildman–Crippen MR) is 77.6 cm³/mol. The van der Waals surface area contributed by atoms with Gasteiger partial charge in [0.2, 0.25) is 0 Å². The quantitative estimate of drug-likeness (QED) is 0.750. The molecule has 0 aliphatic heterocycles. The van der Waals surface area contributed by atoms with Crippen molar-refractivity contribution in [3.8, 4) is 0 Å². The van der Waals surface area contributed by atoms with E-state index in [1.807, 2.05) is 29.9 Å². The van der Waals surface area contributed by atoms with Crippen molar-refractivity contribution < 1.29 is 4.79 Å². The molecule has 0 aliphatic carbocycles. The SMILES string of the molecule is CCNc1ccnc(C(=O)NCCCn2cccn2)c1. The van der Waals surface area contributed by atoms with E-state index in [1.165, 1.54) is 0 Å². The number of pyridine rings is 1. The van der Waals surface area contributed by atoms with Gasteiger partial charge in [-0.15, -0.1) is 0 Å². The Morgan fingerprint density at radius 3 is 3.05 bits per heavy atom. The van der Waals surface area contributed by atoms with Gasteiger partial charge in [0.15, 0.2) is 0 Å². The Balaban J connectivity index is 1.78. The van der Waals surface area contributed by atoms with Crippen LogP contribution in [0.5, 0.6) is 0 Å². The summed E-state index contributed by atoms with van der Waals surface area (Å²) >= 11 is 0. The van der Waals surface area contributed by atoms with Crippen molar-refractivity contribution in [2.24, 2.45) is 0 Å². The van der Waals surface area contributed by atoms with Gasteiger partial charge >= 0.3 is 0 Å². The minimum atomic E-state index is -0.148. The number of nitrogens with one attached hydrogen (secondary N) is 2. The zero-order valence-corrected chi connectivity index (χ0v) is 11.5. The number of carbonyl (C=O) groups excluding carboxylic acids is 1. The number of nitrogens with zero attached hydrogens (tertiary/aromatic N) is 3. The van der Waals surface area contributed by atoms with Crippen LogP contribution in [0.15, 0.2) is 36.8 Å². The number of carbonyl (C=O) groups is 1. The van der Waals surface area contributed by atoms with E-state index in [2.05, 4.69) is 20.7 Å². The minimum Gasteiger partial charge on any atom is -0.385 e. The molecule has 0 atom stereocenters. The number of hydrogen-bond acceptors (Lipinski definition) is 4. The van der Waals surface area contributed by atoms with Crippen molar-refractivity contribution >= 4 is 11.6 Å². The summed E-state index contributed by atoms with van der Waals surface area (Å²) < 4.78 is 1.84. The lowest BCUT2D eigenvalue weighted by molar-refractivity contribution is 0.0947. The second kappa shape index (κ2) is 7.28. The van der Waals surface area contributed by atoms with Gasteiger partial charge < -0.3 is 10.6 Å². The number of hydrogen-bond donors (Lipinski definition) is 2. The van der Waals surface area contributed by atoms with Crippen LogP contribution in [0.2, 0.25) is 0 Å². The van der Waals surface area contributed by atoms with Gasteiger partial charge in [0.05, 0.1) is 0 Å². The van der Waals surface area contributed by atoms with Crippen LogP contribution in [0.1, 0.15) is 23.8 Å².